The minimum absolute atomic E-state index is 0.00704. The number of carbonyl (C=O) groups excluding carboxylic acids is 2. The highest BCUT2D eigenvalue weighted by molar-refractivity contribution is 5.77. The number of aryl methyl sites for hydroxylation is 1. The molecule has 1 aromatic carbocycles. The van der Waals surface area contributed by atoms with Crippen LogP contribution in [-0.2, 0) is 29.3 Å². The average Bonchev–Trinajstić information content (AvgIpc) is 3.79. The van der Waals surface area contributed by atoms with Crippen molar-refractivity contribution in [2.45, 2.75) is 64.3 Å². The number of aromatic nitrogens is 5. The zero-order chi connectivity index (χ0) is 27.3. The van der Waals surface area contributed by atoms with Crippen LogP contribution >= 0.6 is 0 Å². The first-order valence-corrected chi connectivity index (χ1v) is 13.7. The van der Waals surface area contributed by atoms with Crippen LogP contribution in [0.3, 0.4) is 0 Å². The molecule has 2 aliphatic heterocycles. The van der Waals surface area contributed by atoms with Gasteiger partial charge in [-0.3, -0.25) is 9.69 Å². The van der Waals surface area contributed by atoms with Gasteiger partial charge in [-0.25, -0.2) is 9.97 Å². The van der Waals surface area contributed by atoms with Crippen LogP contribution < -0.4 is 5.32 Å². The van der Waals surface area contributed by atoms with Gasteiger partial charge in [0.1, 0.15) is 6.29 Å². The van der Waals surface area contributed by atoms with Crippen molar-refractivity contribution in [2.75, 3.05) is 13.1 Å². The average molecular weight is 530 g/mol. The summed E-state index contributed by atoms with van der Waals surface area (Å²) in [6.07, 6.45) is 21.5. The van der Waals surface area contributed by atoms with Gasteiger partial charge in [-0.15, -0.1) is 0 Å². The van der Waals surface area contributed by atoms with E-state index in [0.29, 0.717) is 5.92 Å². The summed E-state index contributed by atoms with van der Waals surface area (Å²) in [6, 6.07) is 12.6. The van der Waals surface area contributed by atoms with Gasteiger partial charge in [-0.2, -0.15) is 0 Å². The Morgan fingerprint density at radius 1 is 0.974 bits per heavy atom. The number of imidazole rings is 2. The number of nitrogens with one attached hydrogen (secondary N) is 1. The highest BCUT2D eigenvalue weighted by atomic mass is 16.1. The number of hydrogen-bond donors (Lipinski definition) is 1. The number of hydrogen-bond acceptors (Lipinski definition) is 5. The normalized spacial score (nSPS) is 18.5. The molecule has 9 heteroatoms. The summed E-state index contributed by atoms with van der Waals surface area (Å²) in [4.78, 5) is 31.7. The molecule has 9 nitrogen and oxygen atoms in total. The lowest BCUT2D eigenvalue weighted by atomic mass is 9.97. The maximum absolute atomic E-state index is 11.3. The van der Waals surface area contributed by atoms with Crippen molar-refractivity contribution in [3.8, 4) is 0 Å². The van der Waals surface area contributed by atoms with Gasteiger partial charge in [-0.05, 0) is 42.4 Å². The second-order valence-corrected chi connectivity index (χ2v) is 9.99. The second kappa shape index (κ2) is 14.8. The van der Waals surface area contributed by atoms with Crippen LogP contribution in [0, 0.1) is 0 Å². The first kappa shape index (κ1) is 28.0. The fourth-order valence-corrected chi connectivity index (χ4v) is 4.92. The summed E-state index contributed by atoms with van der Waals surface area (Å²) in [5.74, 6) is 0.648. The largest absolute Gasteiger partial charge is 0.356 e. The Labute approximate surface area is 230 Å². The van der Waals surface area contributed by atoms with E-state index in [9.17, 15) is 9.59 Å². The van der Waals surface area contributed by atoms with Crippen molar-refractivity contribution in [1.29, 1.82) is 0 Å². The molecule has 2 saturated heterocycles. The Hall–Kier alpha value is -3.98. The van der Waals surface area contributed by atoms with Gasteiger partial charge in [0.25, 0.3) is 0 Å². The second-order valence-electron chi connectivity index (χ2n) is 9.99. The molecular weight excluding hydrogens is 490 g/mol. The lowest BCUT2D eigenvalue weighted by Crippen LogP contribution is -2.32. The van der Waals surface area contributed by atoms with Crippen molar-refractivity contribution in [3.63, 3.8) is 0 Å². The first-order valence-electron chi connectivity index (χ1n) is 13.7. The molecule has 2 unspecified atom stereocenters. The molecule has 2 fully saturated rings. The highest BCUT2D eigenvalue weighted by Gasteiger charge is 2.32. The Morgan fingerprint density at radius 3 is 2.28 bits per heavy atom. The molecule has 0 radical (unpaired) electrons. The molecule has 3 aromatic heterocycles. The van der Waals surface area contributed by atoms with Gasteiger partial charge in [-0.1, -0.05) is 43.7 Å². The zero-order valence-corrected chi connectivity index (χ0v) is 22.7. The molecule has 6 rings (SSSR count). The first-order chi connectivity index (χ1) is 19.1. The lowest BCUT2D eigenvalue weighted by Gasteiger charge is -2.20. The smallest absolute Gasteiger partial charge is 0.220 e. The summed E-state index contributed by atoms with van der Waals surface area (Å²) >= 11 is 0. The third kappa shape index (κ3) is 8.78. The van der Waals surface area contributed by atoms with Crippen LogP contribution in [0.25, 0.3) is 0 Å². The van der Waals surface area contributed by atoms with E-state index in [4.69, 9.17) is 0 Å². The molecule has 0 saturated carbocycles. The number of rotatable bonds is 8. The highest BCUT2D eigenvalue weighted by Crippen LogP contribution is 2.31. The molecule has 1 N–H and O–H groups in total. The minimum Gasteiger partial charge on any atom is -0.356 e. The molecule has 0 aliphatic carbocycles. The van der Waals surface area contributed by atoms with Gasteiger partial charge in [0.15, 0.2) is 0 Å². The van der Waals surface area contributed by atoms with Crippen LogP contribution in [0.15, 0.2) is 86.2 Å². The molecule has 2 atom stereocenters. The summed E-state index contributed by atoms with van der Waals surface area (Å²) in [7, 11) is 0. The summed E-state index contributed by atoms with van der Waals surface area (Å²) in [5.41, 5.74) is 2.73. The Kier molecular flexibility index (Phi) is 10.7. The maximum atomic E-state index is 11.3. The van der Waals surface area contributed by atoms with Crippen molar-refractivity contribution < 1.29 is 9.59 Å². The SMILES string of the molecule is CCCc1ccn(Cn2ccnc2)c1.O=C1CCCN1.O=CC1CC(c2ccccc2)CN1Cn1ccnc1. The molecule has 0 spiro atoms. The molecule has 2 aliphatic rings. The van der Waals surface area contributed by atoms with Crippen molar-refractivity contribution in [1.82, 2.24) is 33.9 Å². The molecule has 39 heavy (non-hydrogen) atoms. The van der Waals surface area contributed by atoms with Crippen LogP contribution in [0.1, 0.15) is 49.7 Å². The van der Waals surface area contributed by atoms with Crippen molar-refractivity contribution in [3.05, 3.63) is 97.4 Å². The van der Waals surface area contributed by atoms with Crippen LogP contribution in [0.2, 0.25) is 0 Å². The van der Waals surface area contributed by atoms with E-state index in [-0.39, 0.29) is 11.9 Å². The predicted molar refractivity (Wildman–Crippen MR) is 151 cm³/mol. The van der Waals surface area contributed by atoms with Crippen molar-refractivity contribution in [2.24, 2.45) is 0 Å². The molecule has 5 heterocycles. The fourth-order valence-electron chi connectivity index (χ4n) is 4.92. The lowest BCUT2D eigenvalue weighted by molar-refractivity contribution is -0.119. The molecule has 4 aromatic rings. The zero-order valence-electron chi connectivity index (χ0n) is 22.7. The number of benzene rings is 1. The van der Waals surface area contributed by atoms with Crippen molar-refractivity contribution >= 4 is 12.2 Å². The van der Waals surface area contributed by atoms with E-state index in [1.165, 1.54) is 17.5 Å². The van der Waals surface area contributed by atoms with E-state index in [2.05, 4.69) is 79.0 Å². The fraction of sp³-hybridized carbons (Fsp3) is 0.400. The number of likely N-dealkylation sites (tertiary alicyclic amines) is 1. The van der Waals surface area contributed by atoms with Crippen LogP contribution in [0.5, 0.6) is 0 Å². The van der Waals surface area contributed by atoms with Gasteiger partial charge in [0, 0.05) is 56.7 Å². The molecular formula is C30H39N7O2. The van der Waals surface area contributed by atoms with Crippen LogP contribution in [-0.4, -0.2) is 59.9 Å². The third-order valence-corrected chi connectivity index (χ3v) is 6.92. The Morgan fingerprint density at radius 2 is 1.72 bits per heavy atom. The quantitative estimate of drug-likeness (QED) is 0.349. The van der Waals surface area contributed by atoms with E-state index in [1.807, 2.05) is 29.4 Å². The molecule has 1 amide bonds. The number of aldehydes is 1. The molecule has 206 valence electrons. The maximum Gasteiger partial charge on any atom is 0.220 e. The Balaban J connectivity index is 0.000000154. The predicted octanol–water partition coefficient (Wildman–Crippen LogP) is 3.94. The standard InChI is InChI=1S/C15H17N3O.C11H15N3.C4H7NO/c19-10-15-8-14(13-4-2-1-3-5-13)9-18(15)12-17-7-6-16-11-17;1-2-3-11-4-6-13(8-11)10-14-7-5-12-9-14;6-4-2-1-3-5-4/h1-7,10-11,14-15H,8-9,12H2;4-9H,2-3,10H2,1H3;1-3H2,(H,5,6). The third-order valence-electron chi connectivity index (χ3n) is 6.92. The van der Waals surface area contributed by atoms with E-state index in [1.54, 1.807) is 18.7 Å². The topological polar surface area (TPSA) is 90.0 Å². The minimum atomic E-state index is 0.00704. The van der Waals surface area contributed by atoms with Gasteiger partial charge >= 0.3 is 0 Å². The number of amides is 1. The van der Waals surface area contributed by atoms with E-state index in [0.717, 1.165) is 58.4 Å². The number of nitrogens with zero attached hydrogens (tertiary/aromatic N) is 6. The summed E-state index contributed by atoms with van der Waals surface area (Å²) in [6.45, 7) is 5.59. The van der Waals surface area contributed by atoms with E-state index >= 15 is 0 Å². The van der Waals surface area contributed by atoms with Gasteiger partial charge < -0.3 is 23.8 Å². The number of carbonyl (C=O) groups is 2. The Bertz CT molecular complexity index is 1230. The summed E-state index contributed by atoms with van der Waals surface area (Å²) in [5, 5.41) is 2.68. The monoisotopic (exact) mass is 529 g/mol. The van der Waals surface area contributed by atoms with Gasteiger partial charge in [0.05, 0.1) is 32.0 Å². The van der Waals surface area contributed by atoms with Gasteiger partial charge in [0.2, 0.25) is 5.91 Å². The van der Waals surface area contributed by atoms with Crippen LogP contribution in [0.4, 0.5) is 0 Å². The van der Waals surface area contributed by atoms with E-state index < -0.39 is 0 Å². The summed E-state index contributed by atoms with van der Waals surface area (Å²) < 4.78 is 6.23. The molecule has 0 bridgehead atoms.